The van der Waals surface area contributed by atoms with Gasteiger partial charge in [-0.25, -0.2) is 0 Å². The zero-order valence-electron chi connectivity index (χ0n) is 9.50. The second-order valence-corrected chi connectivity index (χ2v) is 3.47. The van der Waals surface area contributed by atoms with Gasteiger partial charge >= 0.3 is 26.2 Å². The second-order valence-electron chi connectivity index (χ2n) is 3.47. The first kappa shape index (κ1) is 19.8. The van der Waals surface area contributed by atoms with Crippen LogP contribution < -0.4 is 10.4 Å². The van der Waals surface area contributed by atoms with Crippen molar-refractivity contribution in [2.45, 2.75) is 52.8 Å². The molecule has 0 rings (SSSR count). The molecule has 0 saturated carbocycles. The minimum atomic E-state index is -1.44. The van der Waals surface area contributed by atoms with E-state index in [4.69, 9.17) is 5.11 Å². The number of aliphatic hydroxyl groups is 1. The Balaban J connectivity index is -0.000000163. The second kappa shape index (κ2) is 11.3. The molecule has 5 heteroatoms. The smallest absolute Gasteiger partial charge is 0.547 e. The Morgan fingerprint density at radius 1 is 1.14 bits per heavy atom. The van der Waals surface area contributed by atoms with Crippen LogP contribution in [0.1, 0.15) is 34.6 Å². The van der Waals surface area contributed by atoms with Crippen molar-refractivity contribution >= 4 is 5.97 Å². The van der Waals surface area contributed by atoms with Crippen LogP contribution in [0.25, 0.3) is 0 Å². The summed E-state index contributed by atoms with van der Waals surface area (Å²) < 4.78 is 0. The minimum Gasteiger partial charge on any atom is -0.547 e. The van der Waals surface area contributed by atoms with Crippen molar-refractivity contribution in [3.05, 3.63) is 0 Å². The molecule has 1 atom stereocenters. The van der Waals surface area contributed by atoms with Crippen LogP contribution in [0.4, 0.5) is 0 Å². The maximum absolute atomic E-state index is 9.34. The first-order valence-electron chi connectivity index (χ1n) is 4.42. The fourth-order valence-electron chi connectivity index (χ4n) is 0.667. The summed E-state index contributed by atoms with van der Waals surface area (Å²) in [5.74, 6) is -1.44. The Labute approximate surface area is 105 Å². The summed E-state index contributed by atoms with van der Waals surface area (Å²) in [6, 6.07) is 1.25. The van der Waals surface area contributed by atoms with Crippen molar-refractivity contribution in [3.63, 3.8) is 0 Å². The van der Waals surface area contributed by atoms with Crippen molar-refractivity contribution in [1.29, 1.82) is 0 Å². The van der Waals surface area contributed by atoms with Gasteiger partial charge in [0, 0.05) is 12.1 Å². The molecule has 2 N–H and O–H groups in total. The van der Waals surface area contributed by atoms with Gasteiger partial charge in [0.2, 0.25) is 0 Å². The fraction of sp³-hybridized carbons (Fsp3) is 0.889. The predicted molar refractivity (Wildman–Crippen MR) is 50.1 cm³/mol. The van der Waals surface area contributed by atoms with E-state index in [1.807, 2.05) is 0 Å². The van der Waals surface area contributed by atoms with E-state index < -0.39 is 12.1 Å². The summed E-state index contributed by atoms with van der Waals surface area (Å²) in [5, 5.41) is 20.6. The van der Waals surface area contributed by atoms with Crippen LogP contribution >= 0.6 is 0 Å². The SMILES string of the molecule is CC(C)NC(C)C.CC(O)C(=O)[O-].[Zr+2]. The Morgan fingerprint density at radius 2 is 1.36 bits per heavy atom. The maximum atomic E-state index is 9.34. The van der Waals surface area contributed by atoms with Crippen molar-refractivity contribution in [2.75, 3.05) is 0 Å². The number of carboxylic acids is 1. The Kier molecular flexibility index (Phi) is 16.0. The Hall–Kier alpha value is 0.273. The van der Waals surface area contributed by atoms with E-state index in [0.717, 1.165) is 6.92 Å². The molecule has 14 heavy (non-hydrogen) atoms. The van der Waals surface area contributed by atoms with E-state index in [9.17, 15) is 9.90 Å². The summed E-state index contributed by atoms with van der Waals surface area (Å²) in [7, 11) is 0. The third-order valence-corrected chi connectivity index (χ3v) is 1.01. The normalized spacial score (nSPS) is 11.4. The van der Waals surface area contributed by atoms with Crippen molar-refractivity contribution in [3.8, 4) is 0 Å². The zero-order chi connectivity index (χ0) is 11.0. The van der Waals surface area contributed by atoms with Crippen molar-refractivity contribution in [2.24, 2.45) is 0 Å². The molecule has 0 spiro atoms. The minimum absolute atomic E-state index is 0. The van der Waals surface area contributed by atoms with Crippen LogP contribution in [0.2, 0.25) is 0 Å². The van der Waals surface area contributed by atoms with E-state index >= 15 is 0 Å². The van der Waals surface area contributed by atoms with E-state index in [0.29, 0.717) is 12.1 Å². The van der Waals surface area contributed by atoms with Gasteiger partial charge in [0.25, 0.3) is 0 Å². The average molecular weight is 281 g/mol. The Bertz CT molecular complexity index is 132. The number of aliphatic hydroxyl groups excluding tert-OH is 1. The van der Waals surface area contributed by atoms with Crippen LogP contribution in [-0.2, 0) is 31.0 Å². The largest absolute Gasteiger partial charge is 2.00 e. The molecular formula is C9H20NO3Zr+. The van der Waals surface area contributed by atoms with Crippen LogP contribution in [0.5, 0.6) is 0 Å². The number of nitrogens with one attached hydrogen (secondary N) is 1. The quantitative estimate of drug-likeness (QED) is 0.732. The number of carbonyl (C=O) groups excluding carboxylic acids is 1. The average Bonchev–Trinajstić information content (AvgIpc) is 1.84. The van der Waals surface area contributed by atoms with Gasteiger partial charge in [-0.05, 0) is 6.92 Å². The molecule has 0 heterocycles. The number of aliphatic carboxylic acids is 1. The number of carbonyl (C=O) groups is 1. The molecule has 0 aliphatic heterocycles. The topological polar surface area (TPSA) is 72.4 Å². The molecule has 0 radical (unpaired) electrons. The van der Waals surface area contributed by atoms with Gasteiger partial charge in [-0.15, -0.1) is 0 Å². The van der Waals surface area contributed by atoms with Crippen LogP contribution in [-0.4, -0.2) is 29.3 Å². The van der Waals surface area contributed by atoms with E-state index in [1.54, 1.807) is 0 Å². The summed E-state index contributed by atoms with van der Waals surface area (Å²) in [4.78, 5) is 9.34. The summed E-state index contributed by atoms with van der Waals surface area (Å²) in [6.45, 7) is 9.75. The molecule has 82 valence electrons. The molecule has 0 aliphatic rings. The van der Waals surface area contributed by atoms with Gasteiger partial charge in [-0.3, -0.25) is 0 Å². The maximum Gasteiger partial charge on any atom is 2.00 e. The summed E-state index contributed by atoms with van der Waals surface area (Å²) >= 11 is 0. The summed E-state index contributed by atoms with van der Waals surface area (Å²) in [6.07, 6.45) is -1.34. The number of rotatable bonds is 3. The Morgan fingerprint density at radius 3 is 1.36 bits per heavy atom. The molecule has 0 saturated heterocycles. The summed E-state index contributed by atoms with van der Waals surface area (Å²) in [5.41, 5.74) is 0. The van der Waals surface area contributed by atoms with E-state index in [1.165, 1.54) is 0 Å². The fourth-order valence-corrected chi connectivity index (χ4v) is 0.667. The third kappa shape index (κ3) is 22.8. The van der Waals surface area contributed by atoms with Gasteiger partial charge in [0.05, 0.1) is 12.1 Å². The molecule has 1 unspecified atom stereocenters. The predicted octanol–water partition coefficient (Wildman–Crippen LogP) is -0.493. The molecular weight excluding hydrogens is 261 g/mol. The number of hydrogen-bond donors (Lipinski definition) is 2. The van der Waals surface area contributed by atoms with Crippen LogP contribution in [0.15, 0.2) is 0 Å². The van der Waals surface area contributed by atoms with Crippen LogP contribution in [0, 0.1) is 0 Å². The van der Waals surface area contributed by atoms with Gasteiger partial charge in [0.15, 0.2) is 0 Å². The van der Waals surface area contributed by atoms with Gasteiger partial charge in [0.1, 0.15) is 0 Å². The first-order chi connectivity index (χ1) is 5.77. The molecule has 0 fully saturated rings. The molecule has 0 aromatic heterocycles. The van der Waals surface area contributed by atoms with Crippen molar-refractivity contribution < 1.29 is 41.2 Å². The number of hydrogen-bond acceptors (Lipinski definition) is 4. The molecule has 0 aromatic carbocycles. The van der Waals surface area contributed by atoms with Crippen LogP contribution in [0.3, 0.4) is 0 Å². The third-order valence-electron chi connectivity index (χ3n) is 1.01. The molecule has 0 aliphatic carbocycles. The monoisotopic (exact) mass is 280 g/mol. The first-order valence-corrected chi connectivity index (χ1v) is 4.42. The molecule has 0 bridgehead atoms. The zero-order valence-corrected chi connectivity index (χ0v) is 12.0. The number of carboxylic acid groups (broad SMARTS) is 1. The molecule has 0 amide bonds. The molecule has 0 aromatic rings. The van der Waals surface area contributed by atoms with Gasteiger partial charge < -0.3 is 20.3 Å². The van der Waals surface area contributed by atoms with Gasteiger partial charge in [-0.1, -0.05) is 27.7 Å². The van der Waals surface area contributed by atoms with Crippen molar-refractivity contribution in [1.82, 2.24) is 5.32 Å². The standard InChI is InChI=1S/C6H15N.C3H6O3.Zr/c1-5(2)7-6(3)4;1-2(4)3(5)6;/h5-7H,1-4H3;2,4H,1H3,(H,5,6);/q;;+2/p-1. The van der Waals surface area contributed by atoms with E-state index in [2.05, 4.69) is 33.0 Å². The molecule has 4 nitrogen and oxygen atoms in total. The van der Waals surface area contributed by atoms with Gasteiger partial charge in [-0.2, -0.15) is 0 Å². The van der Waals surface area contributed by atoms with E-state index in [-0.39, 0.29) is 26.2 Å².